The summed E-state index contributed by atoms with van der Waals surface area (Å²) < 4.78 is 17.2. The molecule has 0 bridgehead atoms. The average Bonchev–Trinajstić information content (AvgIpc) is 2.81. The number of ether oxygens (including phenoxy) is 2. The van der Waals surface area contributed by atoms with Gasteiger partial charge in [-0.05, 0) is 36.8 Å². The first-order valence-electron chi connectivity index (χ1n) is 11.0. The third-order valence-electron chi connectivity index (χ3n) is 6.46. The van der Waals surface area contributed by atoms with Gasteiger partial charge in [-0.3, -0.25) is 4.79 Å². The molecule has 0 radical (unpaired) electrons. The van der Waals surface area contributed by atoms with E-state index in [2.05, 4.69) is 6.92 Å². The summed E-state index contributed by atoms with van der Waals surface area (Å²) in [7, 11) is 0. The summed E-state index contributed by atoms with van der Waals surface area (Å²) >= 11 is 0. The van der Waals surface area contributed by atoms with E-state index in [9.17, 15) is 9.90 Å². The van der Waals surface area contributed by atoms with Crippen molar-refractivity contribution in [3.8, 4) is 28.4 Å². The van der Waals surface area contributed by atoms with E-state index in [1.807, 2.05) is 18.2 Å². The number of aromatic hydroxyl groups is 1. The molecule has 0 aliphatic carbocycles. The van der Waals surface area contributed by atoms with Gasteiger partial charge in [-0.2, -0.15) is 0 Å². The van der Waals surface area contributed by atoms with Gasteiger partial charge < -0.3 is 28.8 Å². The Morgan fingerprint density at radius 2 is 1.71 bits per heavy atom. The van der Waals surface area contributed by atoms with Crippen molar-refractivity contribution in [3.63, 3.8) is 0 Å². The fourth-order valence-corrected chi connectivity index (χ4v) is 4.57. The summed E-state index contributed by atoms with van der Waals surface area (Å²) in [4.78, 5) is 16.3. The van der Waals surface area contributed by atoms with E-state index < -0.39 is 0 Å². The van der Waals surface area contributed by atoms with E-state index in [0.717, 1.165) is 38.3 Å². The molecule has 0 amide bonds. The minimum absolute atomic E-state index is 0.116. The Morgan fingerprint density at radius 3 is 2.48 bits per heavy atom. The Morgan fingerprint density at radius 1 is 0.968 bits per heavy atom. The molecule has 3 heterocycles. The Labute approximate surface area is 180 Å². The third kappa shape index (κ3) is 3.75. The van der Waals surface area contributed by atoms with Crippen LogP contribution in [0.3, 0.4) is 0 Å². The van der Waals surface area contributed by atoms with Crippen LogP contribution >= 0.6 is 0 Å². The Kier molecular flexibility index (Phi) is 5.29. The van der Waals surface area contributed by atoms with Gasteiger partial charge in [0.15, 0.2) is 11.5 Å². The lowest BCUT2D eigenvalue weighted by atomic mass is 10.0. The van der Waals surface area contributed by atoms with Crippen molar-refractivity contribution in [2.45, 2.75) is 13.5 Å². The molecule has 2 aliphatic rings. The van der Waals surface area contributed by atoms with Crippen LogP contribution in [0.2, 0.25) is 0 Å². The SMILES string of the molecule is CC[NH+]1CC[NH+](Cc2c(O)ccc3c(=O)c(-c4ccc5c(c4)OCCO5)coc23)CC1. The highest BCUT2D eigenvalue weighted by molar-refractivity contribution is 5.85. The maximum atomic E-state index is 13.3. The Bertz CT molecular complexity index is 1160. The van der Waals surface area contributed by atoms with Gasteiger partial charge in [0.05, 0.1) is 23.1 Å². The highest BCUT2D eigenvalue weighted by Crippen LogP contribution is 2.34. The Balaban J connectivity index is 1.50. The van der Waals surface area contributed by atoms with E-state index in [-0.39, 0.29) is 11.2 Å². The highest BCUT2D eigenvalue weighted by Gasteiger charge is 2.25. The second-order valence-corrected chi connectivity index (χ2v) is 8.31. The molecule has 1 saturated heterocycles. The van der Waals surface area contributed by atoms with E-state index in [4.69, 9.17) is 13.9 Å². The number of fused-ring (bicyclic) bond motifs is 2. The van der Waals surface area contributed by atoms with Crippen LogP contribution in [-0.2, 0) is 6.54 Å². The van der Waals surface area contributed by atoms with Gasteiger partial charge in [0.2, 0.25) is 5.43 Å². The predicted octanol–water partition coefficient (Wildman–Crippen LogP) is 0.240. The fourth-order valence-electron chi connectivity index (χ4n) is 4.57. The number of quaternary nitrogens is 2. The second-order valence-electron chi connectivity index (χ2n) is 8.31. The molecule has 2 aromatic carbocycles. The zero-order valence-electron chi connectivity index (χ0n) is 17.7. The number of phenols is 1. The number of hydrogen-bond acceptors (Lipinski definition) is 5. The van der Waals surface area contributed by atoms with Crippen molar-refractivity contribution >= 4 is 11.0 Å². The largest absolute Gasteiger partial charge is 0.507 e. The minimum Gasteiger partial charge on any atom is -0.507 e. The first-order chi connectivity index (χ1) is 15.1. The Hall–Kier alpha value is -3.03. The van der Waals surface area contributed by atoms with Crippen molar-refractivity contribution < 1.29 is 28.8 Å². The third-order valence-corrected chi connectivity index (χ3v) is 6.46. The molecule has 0 spiro atoms. The number of hydrogen-bond donors (Lipinski definition) is 3. The molecule has 0 saturated carbocycles. The maximum Gasteiger partial charge on any atom is 0.200 e. The molecule has 2 aliphatic heterocycles. The lowest BCUT2D eigenvalue weighted by molar-refractivity contribution is -1.02. The van der Waals surface area contributed by atoms with Crippen LogP contribution < -0.4 is 24.7 Å². The van der Waals surface area contributed by atoms with Crippen LogP contribution in [0, 0.1) is 0 Å². The van der Waals surface area contributed by atoms with E-state index in [0.29, 0.717) is 53.4 Å². The van der Waals surface area contributed by atoms with Crippen LogP contribution in [0.1, 0.15) is 12.5 Å². The summed E-state index contributed by atoms with van der Waals surface area (Å²) in [5, 5.41) is 11.0. The first-order valence-corrected chi connectivity index (χ1v) is 11.0. The molecule has 0 atom stereocenters. The zero-order valence-corrected chi connectivity index (χ0v) is 17.7. The molecule has 3 N–H and O–H groups in total. The average molecular weight is 424 g/mol. The topological polar surface area (TPSA) is 77.8 Å². The monoisotopic (exact) mass is 424 g/mol. The number of piperazine rings is 1. The molecular formula is C24H28N2O5+2. The molecule has 7 nitrogen and oxygen atoms in total. The molecule has 3 aromatic rings. The van der Waals surface area contributed by atoms with Crippen LogP contribution in [0.15, 0.2) is 45.8 Å². The minimum atomic E-state index is -0.116. The van der Waals surface area contributed by atoms with Gasteiger partial charge >= 0.3 is 0 Å². The number of benzene rings is 2. The van der Waals surface area contributed by atoms with Gasteiger partial charge in [0.1, 0.15) is 63.5 Å². The molecule has 1 aromatic heterocycles. The maximum absolute atomic E-state index is 13.3. The van der Waals surface area contributed by atoms with E-state index in [1.165, 1.54) is 11.2 Å². The van der Waals surface area contributed by atoms with Crippen molar-refractivity contribution in [3.05, 3.63) is 52.4 Å². The molecule has 162 valence electrons. The standard InChI is InChI=1S/C24H26N2O5/c1-2-25-7-9-26(10-8-25)14-18-20(27)5-4-17-23(28)19(15-31-24(17)18)16-3-6-21-22(13-16)30-12-11-29-21/h3-6,13,15,27H,2,7-12,14H2,1H3/p+2. The number of likely N-dealkylation sites (N-methyl/N-ethyl adjacent to an activating group) is 1. The lowest BCUT2D eigenvalue weighted by Gasteiger charge is -2.29. The first kappa shape index (κ1) is 19.9. The van der Waals surface area contributed by atoms with Crippen LogP contribution in [0.5, 0.6) is 17.2 Å². The van der Waals surface area contributed by atoms with E-state index in [1.54, 1.807) is 17.0 Å². The molecule has 5 rings (SSSR count). The van der Waals surface area contributed by atoms with Gasteiger partial charge in [-0.1, -0.05) is 6.07 Å². The summed E-state index contributed by atoms with van der Waals surface area (Å²) in [6.45, 7) is 9.33. The molecular weight excluding hydrogens is 396 g/mol. The fraction of sp³-hybridized carbons (Fsp3) is 0.375. The highest BCUT2D eigenvalue weighted by atomic mass is 16.6. The summed E-state index contributed by atoms with van der Waals surface area (Å²) in [6, 6.07) is 8.72. The predicted molar refractivity (Wildman–Crippen MR) is 116 cm³/mol. The zero-order chi connectivity index (χ0) is 21.4. The molecule has 31 heavy (non-hydrogen) atoms. The molecule has 0 unspecified atom stereocenters. The summed E-state index contributed by atoms with van der Waals surface area (Å²) in [5.41, 5.74) is 2.25. The van der Waals surface area contributed by atoms with Gasteiger partial charge in [-0.15, -0.1) is 0 Å². The number of phenolic OH excluding ortho intramolecular Hbond substituents is 1. The van der Waals surface area contributed by atoms with Crippen LogP contribution in [0.25, 0.3) is 22.1 Å². The summed E-state index contributed by atoms with van der Waals surface area (Å²) in [5.74, 6) is 1.49. The smallest absolute Gasteiger partial charge is 0.200 e. The van der Waals surface area contributed by atoms with Crippen LogP contribution in [-0.4, -0.2) is 51.0 Å². The van der Waals surface area contributed by atoms with Crippen molar-refractivity contribution in [2.75, 3.05) is 45.9 Å². The number of rotatable bonds is 4. The van der Waals surface area contributed by atoms with Gasteiger partial charge in [0, 0.05) is 0 Å². The van der Waals surface area contributed by atoms with E-state index >= 15 is 0 Å². The van der Waals surface area contributed by atoms with Crippen molar-refractivity contribution in [1.82, 2.24) is 0 Å². The molecule has 7 heteroatoms. The van der Waals surface area contributed by atoms with Gasteiger partial charge in [0.25, 0.3) is 0 Å². The van der Waals surface area contributed by atoms with Crippen molar-refractivity contribution in [2.24, 2.45) is 0 Å². The lowest BCUT2D eigenvalue weighted by Crippen LogP contribution is -3.27. The second kappa shape index (κ2) is 8.24. The van der Waals surface area contributed by atoms with Crippen LogP contribution in [0.4, 0.5) is 0 Å². The van der Waals surface area contributed by atoms with Crippen molar-refractivity contribution in [1.29, 1.82) is 0 Å². The molecule has 1 fully saturated rings. The summed E-state index contributed by atoms with van der Waals surface area (Å²) in [6.07, 6.45) is 1.49. The van der Waals surface area contributed by atoms with Gasteiger partial charge in [-0.25, -0.2) is 0 Å². The number of nitrogens with one attached hydrogen (secondary N) is 2. The quantitative estimate of drug-likeness (QED) is 0.560. The normalized spacial score (nSPS) is 20.7.